The Morgan fingerprint density at radius 1 is 1.05 bits per heavy atom. The topological polar surface area (TPSA) is 24.9 Å². The molecular weight excluding hydrogens is 364 g/mol. The molecule has 0 saturated carbocycles. The van der Waals surface area contributed by atoms with Crippen LogP contribution in [0.3, 0.4) is 0 Å². The zero-order chi connectivity index (χ0) is 12.4. The number of benzene rings is 1. The van der Waals surface area contributed by atoms with Gasteiger partial charge in [-0.2, -0.15) is 0 Å². The summed E-state index contributed by atoms with van der Waals surface area (Å²) < 4.78 is 0. The van der Waals surface area contributed by atoms with E-state index in [1.165, 1.54) is 4.88 Å². The molecule has 0 unspecified atom stereocenters. The van der Waals surface area contributed by atoms with E-state index < -0.39 is 0 Å². The average Bonchev–Trinajstić information content (AvgIpc) is 3.02. The first-order valence-electron chi connectivity index (χ1n) is 5.33. The Morgan fingerprint density at radius 3 is 2.53 bits per heavy atom. The molecule has 2 heterocycles. The zero-order valence-corrected chi connectivity index (χ0v) is 13.8. The molecule has 0 amide bonds. The normalized spacial score (nSPS) is 9.95. The van der Waals surface area contributed by atoms with Crippen LogP contribution in [0, 0.1) is 0 Å². The molecule has 6 heteroatoms. The fraction of sp³-hybridized carbons (Fsp3) is 0. The van der Waals surface area contributed by atoms with Crippen molar-refractivity contribution in [3.63, 3.8) is 0 Å². The van der Waals surface area contributed by atoms with Crippen LogP contribution in [0.25, 0.3) is 10.6 Å². The Bertz CT molecular complexity index is 635. The second-order valence-electron chi connectivity index (χ2n) is 3.65. The van der Waals surface area contributed by atoms with E-state index in [4.69, 9.17) is 11.6 Å². The highest BCUT2D eigenvalue weighted by molar-refractivity contribution is 8.93. The van der Waals surface area contributed by atoms with Crippen molar-refractivity contribution >= 4 is 62.1 Å². The maximum absolute atomic E-state index is 5.85. The smallest absolute Gasteiger partial charge is 0.187 e. The predicted octanol–water partition coefficient (Wildman–Crippen LogP) is 5.85. The van der Waals surface area contributed by atoms with E-state index in [1.54, 1.807) is 22.7 Å². The molecular formula is C13H10BrClN2S2. The molecule has 3 rings (SSSR count). The molecule has 0 bridgehead atoms. The Kier molecular flexibility index (Phi) is 4.99. The molecule has 98 valence electrons. The van der Waals surface area contributed by atoms with Gasteiger partial charge in [-0.05, 0) is 35.7 Å². The quantitative estimate of drug-likeness (QED) is 0.623. The average molecular weight is 374 g/mol. The second-order valence-corrected chi connectivity index (χ2v) is 5.89. The molecule has 0 aliphatic heterocycles. The van der Waals surface area contributed by atoms with Crippen molar-refractivity contribution in [3.05, 3.63) is 52.2 Å². The number of halogens is 2. The number of nitrogens with one attached hydrogen (secondary N) is 1. The van der Waals surface area contributed by atoms with Crippen LogP contribution in [0.15, 0.2) is 47.2 Å². The highest BCUT2D eigenvalue weighted by Crippen LogP contribution is 2.29. The van der Waals surface area contributed by atoms with Crippen LogP contribution in [0.5, 0.6) is 0 Å². The van der Waals surface area contributed by atoms with Crippen molar-refractivity contribution in [2.45, 2.75) is 0 Å². The lowest BCUT2D eigenvalue weighted by Crippen LogP contribution is -1.88. The molecule has 0 radical (unpaired) electrons. The van der Waals surface area contributed by atoms with Crippen molar-refractivity contribution < 1.29 is 0 Å². The van der Waals surface area contributed by atoms with Gasteiger partial charge in [0.2, 0.25) is 0 Å². The highest BCUT2D eigenvalue weighted by atomic mass is 79.9. The largest absolute Gasteiger partial charge is 0.332 e. The summed E-state index contributed by atoms with van der Waals surface area (Å²) in [6.07, 6.45) is 0. The van der Waals surface area contributed by atoms with Gasteiger partial charge in [0, 0.05) is 16.1 Å². The summed E-state index contributed by atoms with van der Waals surface area (Å²) in [4.78, 5) is 5.75. The van der Waals surface area contributed by atoms with Gasteiger partial charge in [-0.3, -0.25) is 0 Å². The molecule has 0 atom stereocenters. The molecule has 1 N–H and O–H groups in total. The molecule has 0 fully saturated rings. The van der Waals surface area contributed by atoms with Gasteiger partial charge in [-0.25, -0.2) is 4.98 Å². The van der Waals surface area contributed by atoms with Gasteiger partial charge in [0.25, 0.3) is 0 Å². The predicted molar refractivity (Wildman–Crippen MR) is 90.5 cm³/mol. The summed E-state index contributed by atoms with van der Waals surface area (Å²) in [6.45, 7) is 0. The van der Waals surface area contributed by atoms with E-state index in [0.29, 0.717) is 0 Å². The third kappa shape index (κ3) is 3.57. The van der Waals surface area contributed by atoms with E-state index in [-0.39, 0.29) is 17.0 Å². The molecule has 0 aliphatic carbocycles. The van der Waals surface area contributed by atoms with Gasteiger partial charge in [-0.1, -0.05) is 17.7 Å². The third-order valence-electron chi connectivity index (χ3n) is 2.37. The van der Waals surface area contributed by atoms with Crippen LogP contribution in [-0.4, -0.2) is 4.98 Å². The first kappa shape index (κ1) is 14.5. The lowest BCUT2D eigenvalue weighted by molar-refractivity contribution is 1.40. The van der Waals surface area contributed by atoms with Crippen molar-refractivity contribution in [2.24, 2.45) is 0 Å². The molecule has 0 aliphatic rings. The first-order valence-corrected chi connectivity index (χ1v) is 7.47. The fourth-order valence-corrected chi connectivity index (χ4v) is 3.14. The van der Waals surface area contributed by atoms with Gasteiger partial charge < -0.3 is 5.32 Å². The number of nitrogens with zero attached hydrogens (tertiary/aromatic N) is 1. The lowest BCUT2D eigenvalue weighted by atomic mass is 10.3. The Hall–Kier alpha value is -0.880. The minimum absolute atomic E-state index is 0. The monoisotopic (exact) mass is 372 g/mol. The van der Waals surface area contributed by atoms with Crippen LogP contribution in [0.1, 0.15) is 0 Å². The van der Waals surface area contributed by atoms with Gasteiger partial charge >= 0.3 is 0 Å². The van der Waals surface area contributed by atoms with Crippen molar-refractivity contribution in [1.29, 1.82) is 0 Å². The van der Waals surface area contributed by atoms with Crippen LogP contribution < -0.4 is 5.32 Å². The summed E-state index contributed by atoms with van der Waals surface area (Å²) in [5.74, 6) is 0. The van der Waals surface area contributed by atoms with Crippen LogP contribution in [0.4, 0.5) is 10.8 Å². The summed E-state index contributed by atoms with van der Waals surface area (Å²) in [5, 5.41) is 9.01. The minimum Gasteiger partial charge on any atom is -0.332 e. The summed E-state index contributed by atoms with van der Waals surface area (Å²) >= 11 is 9.14. The second kappa shape index (κ2) is 6.52. The van der Waals surface area contributed by atoms with Crippen molar-refractivity contribution in [1.82, 2.24) is 4.98 Å². The third-order valence-corrected chi connectivity index (χ3v) is 4.28. The molecule has 2 aromatic heterocycles. The first-order chi connectivity index (χ1) is 8.81. The zero-order valence-electron chi connectivity index (χ0n) is 9.67. The highest BCUT2D eigenvalue weighted by Gasteiger charge is 2.05. The lowest BCUT2D eigenvalue weighted by Gasteiger charge is -2.01. The van der Waals surface area contributed by atoms with E-state index in [9.17, 15) is 0 Å². The SMILES string of the molecule is Br.Clc1ccc(Nc2nc(-c3cccs3)cs2)cc1. The number of hydrogen-bond donors (Lipinski definition) is 1. The van der Waals surface area contributed by atoms with E-state index in [2.05, 4.69) is 27.1 Å². The van der Waals surface area contributed by atoms with Crippen LogP contribution >= 0.6 is 51.3 Å². The minimum atomic E-state index is 0. The van der Waals surface area contributed by atoms with E-state index in [1.807, 2.05) is 30.3 Å². The maximum atomic E-state index is 5.85. The molecule has 0 saturated heterocycles. The van der Waals surface area contributed by atoms with Gasteiger partial charge in [0.15, 0.2) is 5.13 Å². The summed E-state index contributed by atoms with van der Waals surface area (Å²) in [5.41, 5.74) is 2.01. The number of anilines is 2. The molecule has 0 spiro atoms. The standard InChI is InChI=1S/C13H9ClN2S2.BrH/c14-9-3-5-10(6-4-9)15-13-16-11(8-18-13)12-2-1-7-17-12;/h1-8H,(H,15,16);1H. The van der Waals surface area contributed by atoms with Gasteiger partial charge in [0.05, 0.1) is 10.6 Å². The molecule has 3 aromatic rings. The molecule has 1 aromatic carbocycles. The van der Waals surface area contributed by atoms with Gasteiger partial charge in [0.1, 0.15) is 0 Å². The number of hydrogen-bond acceptors (Lipinski definition) is 4. The molecule has 2 nitrogen and oxygen atoms in total. The summed E-state index contributed by atoms with van der Waals surface area (Å²) in [6, 6.07) is 11.7. The van der Waals surface area contributed by atoms with E-state index >= 15 is 0 Å². The number of aromatic nitrogens is 1. The van der Waals surface area contributed by atoms with Crippen molar-refractivity contribution in [2.75, 3.05) is 5.32 Å². The summed E-state index contributed by atoms with van der Waals surface area (Å²) in [7, 11) is 0. The van der Waals surface area contributed by atoms with Crippen molar-refractivity contribution in [3.8, 4) is 10.6 Å². The van der Waals surface area contributed by atoms with Gasteiger partial charge in [-0.15, -0.1) is 39.7 Å². The number of thiazole rings is 1. The van der Waals surface area contributed by atoms with E-state index in [0.717, 1.165) is 21.5 Å². The number of thiophene rings is 1. The fourth-order valence-electron chi connectivity index (χ4n) is 1.53. The maximum Gasteiger partial charge on any atom is 0.187 e. The Labute approximate surface area is 134 Å². The Morgan fingerprint density at radius 2 is 1.84 bits per heavy atom. The number of rotatable bonds is 3. The Balaban J connectivity index is 0.00000133. The van der Waals surface area contributed by atoms with Crippen LogP contribution in [0.2, 0.25) is 5.02 Å². The van der Waals surface area contributed by atoms with Crippen LogP contribution in [-0.2, 0) is 0 Å². The molecule has 19 heavy (non-hydrogen) atoms.